The van der Waals surface area contributed by atoms with Gasteiger partial charge in [0.25, 0.3) is 0 Å². The van der Waals surface area contributed by atoms with E-state index in [-0.39, 0.29) is 12.6 Å². The van der Waals surface area contributed by atoms with Gasteiger partial charge < -0.3 is 9.84 Å². The van der Waals surface area contributed by atoms with Gasteiger partial charge in [0.1, 0.15) is 6.10 Å². The third-order valence-electron chi connectivity index (χ3n) is 2.40. The van der Waals surface area contributed by atoms with Crippen LogP contribution in [0.4, 0.5) is 0 Å². The summed E-state index contributed by atoms with van der Waals surface area (Å²) in [6.45, 7) is 5.25. The molecule has 0 aliphatic rings. The van der Waals surface area contributed by atoms with Gasteiger partial charge in [-0.2, -0.15) is 0 Å². The molecule has 0 saturated carbocycles. The lowest BCUT2D eigenvalue weighted by atomic mass is 9.94. The molecular formula is C9H16N4O3. The van der Waals surface area contributed by atoms with Gasteiger partial charge in [0.15, 0.2) is 5.82 Å². The van der Waals surface area contributed by atoms with Gasteiger partial charge in [0.2, 0.25) is 0 Å². The van der Waals surface area contributed by atoms with Gasteiger partial charge in [-0.15, -0.1) is 5.10 Å². The van der Waals surface area contributed by atoms with E-state index in [1.807, 2.05) is 0 Å². The molecule has 0 amide bonds. The van der Waals surface area contributed by atoms with Crippen LogP contribution < -0.4 is 0 Å². The topological polar surface area (TPSA) is 90.1 Å². The van der Waals surface area contributed by atoms with Crippen molar-refractivity contribution < 1.29 is 14.6 Å². The van der Waals surface area contributed by atoms with E-state index in [0.717, 1.165) is 0 Å². The molecule has 0 saturated heterocycles. The van der Waals surface area contributed by atoms with Crippen molar-refractivity contribution in [1.29, 1.82) is 0 Å². The van der Waals surface area contributed by atoms with E-state index in [9.17, 15) is 4.79 Å². The summed E-state index contributed by atoms with van der Waals surface area (Å²) in [4.78, 5) is 11.0. The second kappa shape index (κ2) is 4.56. The maximum absolute atomic E-state index is 11.0. The molecule has 1 aromatic heterocycles. The fourth-order valence-electron chi connectivity index (χ4n) is 1.16. The number of aromatic nitrogens is 4. The number of rotatable bonds is 5. The minimum absolute atomic E-state index is 0.207. The third-order valence-corrected chi connectivity index (χ3v) is 2.40. The SMILES string of the molecule is COC(C)c1nnnn1CC(C)(C)C(=O)O. The highest BCUT2D eigenvalue weighted by Crippen LogP contribution is 2.20. The average Bonchev–Trinajstić information content (AvgIpc) is 2.63. The summed E-state index contributed by atoms with van der Waals surface area (Å²) < 4.78 is 6.56. The summed E-state index contributed by atoms with van der Waals surface area (Å²) in [5.41, 5.74) is -0.919. The van der Waals surface area contributed by atoms with Crippen LogP contribution in [0.5, 0.6) is 0 Å². The van der Waals surface area contributed by atoms with Gasteiger partial charge in [-0.25, -0.2) is 4.68 Å². The van der Waals surface area contributed by atoms with Gasteiger partial charge in [-0.1, -0.05) is 0 Å². The first-order valence-corrected chi connectivity index (χ1v) is 4.90. The molecule has 0 bridgehead atoms. The molecule has 0 aliphatic heterocycles. The summed E-state index contributed by atoms with van der Waals surface area (Å²) in [6, 6.07) is 0. The average molecular weight is 228 g/mol. The van der Waals surface area contributed by atoms with Crippen molar-refractivity contribution in [2.24, 2.45) is 5.41 Å². The molecule has 16 heavy (non-hydrogen) atoms. The lowest BCUT2D eigenvalue weighted by Crippen LogP contribution is -2.30. The Bertz CT molecular complexity index is 375. The Morgan fingerprint density at radius 2 is 2.25 bits per heavy atom. The van der Waals surface area contributed by atoms with E-state index in [1.165, 1.54) is 4.68 Å². The predicted molar refractivity (Wildman–Crippen MR) is 54.7 cm³/mol. The van der Waals surface area contributed by atoms with E-state index < -0.39 is 11.4 Å². The number of carboxylic acids is 1. The summed E-state index contributed by atoms with van der Waals surface area (Å²) in [6.07, 6.45) is -0.264. The van der Waals surface area contributed by atoms with Crippen molar-refractivity contribution >= 4 is 5.97 Å². The number of ether oxygens (including phenoxy) is 1. The Hall–Kier alpha value is -1.50. The van der Waals surface area contributed by atoms with E-state index in [1.54, 1.807) is 27.9 Å². The number of tetrazole rings is 1. The Morgan fingerprint density at radius 3 is 2.75 bits per heavy atom. The summed E-state index contributed by atoms with van der Waals surface area (Å²) in [5, 5.41) is 20.1. The smallest absolute Gasteiger partial charge is 0.310 e. The van der Waals surface area contributed by atoms with Crippen LogP contribution in [0.2, 0.25) is 0 Å². The molecule has 0 fully saturated rings. The van der Waals surface area contributed by atoms with Crippen LogP contribution in [0.15, 0.2) is 0 Å². The second-order valence-corrected chi connectivity index (χ2v) is 4.26. The van der Waals surface area contributed by atoms with Crippen LogP contribution in [-0.4, -0.2) is 38.4 Å². The molecule has 1 unspecified atom stereocenters. The molecule has 90 valence electrons. The number of carboxylic acid groups (broad SMARTS) is 1. The van der Waals surface area contributed by atoms with Crippen molar-refractivity contribution in [3.05, 3.63) is 5.82 Å². The quantitative estimate of drug-likeness (QED) is 0.788. The number of methoxy groups -OCH3 is 1. The minimum Gasteiger partial charge on any atom is -0.481 e. The predicted octanol–water partition coefficient (Wildman–Crippen LogP) is 0.491. The number of nitrogens with zero attached hydrogens (tertiary/aromatic N) is 4. The van der Waals surface area contributed by atoms with Crippen LogP contribution in [0.1, 0.15) is 32.7 Å². The molecular weight excluding hydrogens is 212 g/mol. The molecule has 7 heteroatoms. The standard InChI is InChI=1S/C9H16N4O3/c1-6(16-4)7-10-11-12-13(7)5-9(2,3)8(14)15/h6H,5H2,1-4H3,(H,14,15). The van der Waals surface area contributed by atoms with Crippen LogP contribution in [-0.2, 0) is 16.1 Å². The maximum atomic E-state index is 11.0. The second-order valence-electron chi connectivity index (χ2n) is 4.26. The molecule has 1 rings (SSSR count). The Kier molecular flexibility index (Phi) is 3.58. The van der Waals surface area contributed by atoms with Crippen molar-refractivity contribution in [2.45, 2.75) is 33.4 Å². The number of hydrogen-bond acceptors (Lipinski definition) is 5. The van der Waals surface area contributed by atoms with Crippen molar-refractivity contribution in [2.75, 3.05) is 7.11 Å². The lowest BCUT2D eigenvalue weighted by molar-refractivity contribution is -0.147. The molecule has 1 N–H and O–H groups in total. The minimum atomic E-state index is -0.919. The highest BCUT2D eigenvalue weighted by Gasteiger charge is 2.30. The normalized spacial score (nSPS) is 13.8. The zero-order valence-electron chi connectivity index (χ0n) is 9.84. The molecule has 0 spiro atoms. The fourth-order valence-corrected chi connectivity index (χ4v) is 1.16. The van der Waals surface area contributed by atoms with Gasteiger partial charge >= 0.3 is 5.97 Å². The Balaban J connectivity index is 2.90. The molecule has 1 atom stereocenters. The van der Waals surface area contributed by atoms with Crippen LogP contribution in [0.25, 0.3) is 0 Å². The Morgan fingerprint density at radius 1 is 1.62 bits per heavy atom. The van der Waals surface area contributed by atoms with Crippen LogP contribution >= 0.6 is 0 Å². The highest BCUT2D eigenvalue weighted by molar-refractivity contribution is 5.73. The first-order chi connectivity index (χ1) is 7.38. The number of carbonyl (C=O) groups is 1. The number of aliphatic carboxylic acids is 1. The first-order valence-electron chi connectivity index (χ1n) is 4.90. The highest BCUT2D eigenvalue weighted by atomic mass is 16.5. The van der Waals surface area contributed by atoms with Crippen molar-refractivity contribution in [1.82, 2.24) is 20.2 Å². The zero-order valence-corrected chi connectivity index (χ0v) is 9.84. The largest absolute Gasteiger partial charge is 0.481 e. The number of hydrogen-bond donors (Lipinski definition) is 1. The van der Waals surface area contributed by atoms with Crippen LogP contribution in [0, 0.1) is 5.41 Å². The van der Waals surface area contributed by atoms with Crippen molar-refractivity contribution in [3.8, 4) is 0 Å². The van der Waals surface area contributed by atoms with Gasteiger partial charge in [0, 0.05) is 7.11 Å². The molecule has 1 aromatic rings. The fraction of sp³-hybridized carbons (Fsp3) is 0.778. The van der Waals surface area contributed by atoms with E-state index in [4.69, 9.17) is 9.84 Å². The Labute approximate surface area is 93.4 Å². The monoisotopic (exact) mass is 228 g/mol. The maximum Gasteiger partial charge on any atom is 0.310 e. The van der Waals surface area contributed by atoms with Gasteiger partial charge in [-0.05, 0) is 31.2 Å². The zero-order chi connectivity index (χ0) is 12.3. The third kappa shape index (κ3) is 2.54. The molecule has 0 aliphatic carbocycles. The van der Waals surface area contributed by atoms with Gasteiger partial charge in [-0.3, -0.25) is 4.79 Å². The molecule has 7 nitrogen and oxygen atoms in total. The molecule has 0 aromatic carbocycles. The van der Waals surface area contributed by atoms with E-state index in [2.05, 4.69) is 15.5 Å². The molecule has 1 heterocycles. The van der Waals surface area contributed by atoms with E-state index >= 15 is 0 Å². The summed E-state index contributed by atoms with van der Waals surface area (Å²) >= 11 is 0. The van der Waals surface area contributed by atoms with Crippen molar-refractivity contribution in [3.63, 3.8) is 0 Å². The lowest BCUT2D eigenvalue weighted by Gasteiger charge is -2.20. The van der Waals surface area contributed by atoms with Gasteiger partial charge in [0.05, 0.1) is 12.0 Å². The van der Waals surface area contributed by atoms with E-state index in [0.29, 0.717) is 5.82 Å². The summed E-state index contributed by atoms with van der Waals surface area (Å²) in [7, 11) is 1.55. The first kappa shape index (κ1) is 12.6. The van der Waals surface area contributed by atoms with Crippen LogP contribution in [0.3, 0.4) is 0 Å². The summed E-state index contributed by atoms with van der Waals surface area (Å²) in [5.74, 6) is -0.365. The molecule has 0 radical (unpaired) electrons.